The Balaban J connectivity index is 1.11. The van der Waals surface area contributed by atoms with Crippen LogP contribution < -0.4 is 29.7 Å². The van der Waals surface area contributed by atoms with Crippen LogP contribution in [-0.4, -0.2) is 57.4 Å². The average Bonchev–Trinajstić information content (AvgIpc) is 3.82. The van der Waals surface area contributed by atoms with Gasteiger partial charge in [-0.3, -0.25) is 15.0 Å². The molecule has 13 nitrogen and oxygen atoms in total. The third kappa shape index (κ3) is 6.87. The second kappa shape index (κ2) is 13.1. The Morgan fingerprint density at radius 1 is 0.957 bits per heavy atom. The Morgan fingerprint density at radius 2 is 1.72 bits per heavy atom. The number of benzene rings is 2. The highest BCUT2D eigenvalue weighted by molar-refractivity contribution is 7.19. The van der Waals surface area contributed by atoms with Gasteiger partial charge in [0.1, 0.15) is 17.3 Å². The molecular formula is C33H34N8O5S. The Bertz CT molecular complexity index is 1900. The van der Waals surface area contributed by atoms with Crippen LogP contribution in [0.5, 0.6) is 23.3 Å². The lowest BCUT2D eigenvalue weighted by Gasteiger charge is -2.16. The number of thiazole rings is 1. The van der Waals surface area contributed by atoms with Crippen LogP contribution in [0.4, 0.5) is 21.4 Å². The van der Waals surface area contributed by atoms with Gasteiger partial charge in [0.15, 0.2) is 16.6 Å². The molecule has 242 valence electrons. The molecule has 3 amide bonds. The molecule has 0 aliphatic carbocycles. The number of urea groups is 1. The third-order valence-corrected chi connectivity index (χ3v) is 8.43. The molecule has 1 fully saturated rings. The summed E-state index contributed by atoms with van der Waals surface area (Å²) in [5, 5.41) is 11.1. The van der Waals surface area contributed by atoms with Gasteiger partial charge in [0.25, 0.3) is 0 Å². The van der Waals surface area contributed by atoms with Crippen molar-refractivity contribution in [1.29, 1.82) is 0 Å². The summed E-state index contributed by atoms with van der Waals surface area (Å²) in [6.45, 7) is 6.83. The molecule has 3 aromatic heterocycles. The van der Waals surface area contributed by atoms with Gasteiger partial charge in [0.2, 0.25) is 5.91 Å². The maximum Gasteiger partial charge on any atom is 0.324 e. The zero-order valence-electron chi connectivity index (χ0n) is 26.6. The fourth-order valence-corrected chi connectivity index (χ4v) is 5.90. The summed E-state index contributed by atoms with van der Waals surface area (Å²) < 4.78 is 18.5. The van der Waals surface area contributed by atoms with E-state index in [-0.39, 0.29) is 17.3 Å². The van der Waals surface area contributed by atoms with Crippen molar-refractivity contribution in [2.75, 3.05) is 36.3 Å². The van der Waals surface area contributed by atoms with E-state index in [9.17, 15) is 9.59 Å². The van der Waals surface area contributed by atoms with Crippen molar-refractivity contribution in [3.05, 3.63) is 72.8 Å². The van der Waals surface area contributed by atoms with E-state index in [1.165, 1.54) is 23.7 Å². The van der Waals surface area contributed by atoms with Crippen LogP contribution >= 0.6 is 11.3 Å². The normalized spacial score (nSPS) is 13.0. The molecule has 0 saturated carbocycles. The number of amides is 3. The largest absolute Gasteiger partial charge is 0.493 e. The quantitative estimate of drug-likeness (QED) is 0.178. The van der Waals surface area contributed by atoms with Crippen LogP contribution in [0.3, 0.4) is 0 Å². The van der Waals surface area contributed by atoms with Crippen LogP contribution in [0.2, 0.25) is 0 Å². The lowest BCUT2D eigenvalue weighted by Crippen LogP contribution is -2.23. The summed E-state index contributed by atoms with van der Waals surface area (Å²) in [5.41, 5.74) is 2.41. The number of para-hydroxylation sites is 1. The molecule has 6 rings (SSSR count). The molecule has 1 aliphatic rings. The number of nitrogens with zero attached hydrogens (tertiary/aromatic N) is 6. The van der Waals surface area contributed by atoms with E-state index in [0.717, 1.165) is 27.7 Å². The number of anilines is 3. The SMILES string of the molecule is COc1cccc(-n2nc(C(C)(C)C)cc2NC(=O)Nc2cnc(Oc3ccc(-c4cnc(N5CCCC5=O)s4)cc3)nc2)c1OC. The summed E-state index contributed by atoms with van der Waals surface area (Å²) in [6, 6.07) is 14.3. The van der Waals surface area contributed by atoms with E-state index in [0.29, 0.717) is 47.4 Å². The molecule has 0 radical (unpaired) electrons. The van der Waals surface area contributed by atoms with E-state index in [4.69, 9.17) is 19.3 Å². The summed E-state index contributed by atoms with van der Waals surface area (Å²) >= 11 is 1.48. The maximum absolute atomic E-state index is 13.1. The predicted molar refractivity (Wildman–Crippen MR) is 179 cm³/mol. The van der Waals surface area contributed by atoms with Gasteiger partial charge >= 0.3 is 12.0 Å². The summed E-state index contributed by atoms with van der Waals surface area (Å²) in [4.78, 5) is 40.8. The molecule has 2 aromatic carbocycles. The van der Waals surface area contributed by atoms with Crippen LogP contribution in [0.1, 0.15) is 39.3 Å². The van der Waals surface area contributed by atoms with Gasteiger partial charge < -0.3 is 19.5 Å². The first kappa shape index (κ1) is 31.5. The number of hydrogen-bond acceptors (Lipinski definition) is 10. The first-order valence-electron chi connectivity index (χ1n) is 14.9. The highest BCUT2D eigenvalue weighted by Gasteiger charge is 2.25. The first-order chi connectivity index (χ1) is 22.6. The fraction of sp³-hybridized carbons (Fsp3) is 0.273. The minimum absolute atomic E-state index is 0.115. The molecule has 14 heteroatoms. The Labute approximate surface area is 275 Å². The molecular weight excluding hydrogens is 620 g/mol. The summed E-state index contributed by atoms with van der Waals surface area (Å²) in [6.07, 6.45) is 6.12. The molecule has 4 heterocycles. The van der Waals surface area contributed by atoms with E-state index in [1.807, 2.05) is 63.2 Å². The lowest BCUT2D eigenvalue weighted by atomic mass is 9.92. The van der Waals surface area contributed by atoms with Crippen molar-refractivity contribution < 1.29 is 23.8 Å². The van der Waals surface area contributed by atoms with Crippen molar-refractivity contribution in [3.63, 3.8) is 0 Å². The van der Waals surface area contributed by atoms with Crippen LogP contribution in [0, 0.1) is 0 Å². The molecule has 2 N–H and O–H groups in total. The van der Waals surface area contributed by atoms with Gasteiger partial charge in [-0.25, -0.2) is 24.4 Å². The maximum atomic E-state index is 13.1. The van der Waals surface area contributed by atoms with Gasteiger partial charge in [-0.15, -0.1) is 0 Å². The van der Waals surface area contributed by atoms with Crippen molar-refractivity contribution in [2.24, 2.45) is 0 Å². The van der Waals surface area contributed by atoms with E-state index < -0.39 is 6.03 Å². The minimum Gasteiger partial charge on any atom is -0.493 e. The Hall–Kier alpha value is -5.50. The Kier molecular flexibility index (Phi) is 8.76. The van der Waals surface area contributed by atoms with Crippen molar-refractivity contribution in [1.82, 2.24) is 24.7 Å². The molecule has 0 atom stereocenters. The smallest absolute Gasteiger partial charge is 0.324 e. The second-order valence-electron chi connectivity index (χ2n) is 11.7. The molecule has 0 unspecified atom stereocenters. The summed E-state index contributed by atoms with van der Waals surface area (Å²) in [7, 11) is 3.11. The monoisotopic (exact) mass is 654 g/mol. The zero-order chi connectivity index (χ0) is 33.1. The van der Waals surface area contributed by atoms with Crippen LogP contribution in [0.25, 0.3) is 16.1 Å². The highest BCUT2D eigenvalue weighted by atomic mass is 32.1. The van der Waals surface area contributed by atoms with Crippen molar-refractivity contribution in [3.8, 4) is 39.4 Å². The minimum atomic E-state index is -0.512. The second-order valence-corrected chi connectivity index (χ2v) is 12.7. The molecule has 0 bridgehead atoms. The molecule has 5 aromatic rings. The Morgan fingerprint density at radius 3 is 2.38 bits per heavy atom. The number of aromatic nitrogens is 5. The number of nitrogens with one attached hydrogen (secondary N) is 2. The topological polar surface area (TPSA) is 146 Å². The number of carbonyl (C=O) groups excluding carboxylic acids is 2. The molecule has 1 aliphatic heterocycles. The van der Waals surface area contributed by atoms with Gasteiger partial charge in [-0.2, -0.15) is 5.10 Å². The first-order valence-corrected chi connectivity index (χ1v) is 15.7. The van der Waals surface area contributed by atoms with E-state index >= 15 is 0 Å². The number of rotatable bonds is 9. The average molecular weight is 655 g/mol. The summed E-state index contributed by atoms with van der Waals surface area (Å²) in [5.74, 6) is 2.11. The molecule has 0 spiro atoms. The fourth-order valence-electron chi connectivity index (χ4n) is 4.94. The number of ether oxygens (including phenoxy) is 3. The van der Waals surface area contributed by atoms with Crippen molar-refractivity contribution >= 4 is 39.9 Å². The molecule has 47 heavy (non-hydrogen) atoms. The number of carbonyl (C=O) groups is 2. The van der Waals surface area contributed by atoms with Gasteiger partial charge in [0, 0.05) is 30.6 Å². The van der Waals surface area contributed by atoms with Gasteiger partial charge in [-0.1, -0.05) is 38.2 Å². The third-order valence-electron chi connectivity index (χ3n) is 7.36. The van der Waals surface area contributed by atoms with Gasteiger partial charge in [0.05, 0.1) is 42.9 Å². The zero-order valence-corrected chi connectivity index (χ0v) is 27.4. The van der Waals surface area contributed by atoms with Crippen LogP contribution in [-0.2, 0) is 10.2 Å². The van der Waals surface area contributed by atoms with Gasteiger partial charge in [-0.05, 0) is 48.4 Å². The predicted octanol–water partition coefficient (Wildman–Crippen LogP) is 6.66. The lowest BCUT2D eigenvalue weighted by molar-refractivity contribution is -0.117. The van der Waals surface area contributed by atoms with E-state index in [1.54, 1.807) is 36.1 Å². The molecule has 1 saturated heterocycles. The highest BCUT2D eigenvalue weighted by Crippen LogP contribution is 2.37. The standard InChI is InChI=1S/C33H34N8O5S/c1-33(2,3)26-16-27(41(39-26)23-8-6-9-24(44-4)29(23)45-5)38-30(43)37-21-17-34-31(35-18-21)46-22-13-11-20(12-14-22)25-19-36-32(47-25)40-15-7-10-28(40)42/h6,8-9,11-14,16-19H,7,10,15H2,1-5H3,(H2,37,38,43). The van der Waals surface area contributed by atoms with E-state index in [2.05, 4.69) is 25.6 Å². The number of methoxy groups -OCH3 is 2. The van der Waals surface area contributed by atoms with Crippen LogP contribution in [0.15, 0.2) is 67.1 Å². The van der Waals surface area contributed by atoms with Crippen molar-refractivity contribution in [2.45, 2.75) is 39.0 Å². The number of hydrogen-bond donors (Lipinski definition) is 2.